The van der Waals surface area contributed by atoms with E-state index in [4.69, 9.17) is 0 Å². The number of hydrogen-bond acceptors (Lipinski definition) is 5. The third kappa shape index (κ3) is 5.01. The minimum Gasteiger partial charge on any atom is -0.392 e. The first-order valence-electron chi connectivity index (χ1n) is 12.6. The zero-order valence-electron chi connectivity index (χ0n) is 21.3. The number of nitrogens with one attached hydrogen (secondary N) is 3. The van der Waals surface area contributed by atoms with Crippen LogP contribution in [0, 0.1) is 0 Å². The van der Waals surface area contributed by atoms with Gasteiger partial charge in [-0.2, -0.15) is 0 Å². The highest BCUT2D eigenvalue weighted by atomic mass is 32.2. The number of sulfonamides is 1. The van der Waals surface area contributed by atoms with Gasteiger partial charge in [0.25, 0.3) is 5.91 Å². The van der Waals surface area contributed by atoms with Crippen molar-refractivity contribution in [3.8, 4) is 0 Å². The van der Waals surface area contributed by atoms with Crippen molar-refractivity contribution in [1.82, 2.24) is 4.72 Å². The Bertz CT molecular complexity index is 1450. The molecular weight excluding hydrogens is 486 g/mol. The summed E-state index contributed by atoms with van der Waals surface area (Å²) in [6, 6.07) is 19.4. The first-order chi connectivity index (χ1) is 17.5. The van der Waals surface area contributed by atoms with Crippen LogP contribution in [-0.2, 0) is 28.5 Å². The van der Waals surface area contributed by atoms with Crippen LogP contribution in [0.25, 0.3) is 0 Å². The first kappa shape index (κ1) is 25.4. The van der Waals surface area contributed by atoms with Gasteiger partial charge in [0.05, 0.1) is 11.5 Å². The van der Waals surface area contributed by atoms with Gasteiger partial charge in [0, 0.05) is 33.9 Å². The molecule has 1 aliphatic heterocycles. The van der Waals surface area contributed by atoms with Gasteiger partial charge >= 0.3 is 0 Å². The number of fused-ring (bicyclic) bond motifs is 2. The van der Waals surface area contributed by atoms with Crippen LogP contribution < -0.4 is 15.4 Å². The van der Waals surface area contributed by atoms with E-state index < -0.39 is 15.4 Å². The lowest BCUT2D eigenvalue weighted by atomic mass is 9.77. The Morgan fingerprint density at radius 2 is 1.81 bits per heavy atom. The highest BCUT2D eigenvalue weighted by Crippen LogP contribution is 2.59. The average Bonchev–Trinajstić information content (AvgIpc) is 3.53. The summed E-state index contributed by atoms with van der Waals surface area (Å²) in [7, 11) is -3.68. The molecule has 3 aromatic rings. The second-order valence-corrected chi connectivity index (χ2v) is 12.5. The smallest absolute Gasteiger partial charge is 0.255 e. The second kappa shape index (κ2) is 9.28. The van der Waals surface area contributed by atoms with Crippen LogP contribution in [-0.4, -0.2) is 31.0 Å². The summed E-state index contributed by atoms with van der Waals surface area (Å²) in [5.41, 5.74) is 4.16. The van der Waals surface area contributed by atoms with Crippen LogP contribution in [0.3, 0.4) is 0 Å². The standard InChI is InChI=1S/C29H33N3O4S/c1-4-19-8-11-23(12-9-19)37(35,36)32-26-16-29(26)18-28(2,3)31-25-13-10-21(15-24(25)29)27(34)30-22-7-5-6-20(14-22)17-33/h5-15,26,31-33H,4,16-18H2,1-3H3,(H,30,34). The van der Waals surface area contributed by atoms with E-state index in [1.807, 2.05) is 31.2 Å². The van der Waals surface area contributed by atoms with Gasteiger partial charge < -0.3 is 15.7 Å². The minimum absolute atomic E-state index is 0.105. The molecule has 0 radical (unpaired) electrons. The quantitative estimate of drug-likeness (QED) is 0.366. The Kier molecular flexibility index (Phi) is 6.38. The molecule has 0 bridgehead atoms. The Morgan fingerprint density at radius 1 is 1.05 bits per heavy atom. The topological polar surface area (TPSA) is 108 Å². The number of aliphatic hydroxyl groups excluding tert-OH is 1. The minimum atomic E-state index is -3.68. The number of carbonyl (C=O) groups excluding carboxylic acids is 1. The highest BCUT2D eigenvalue weighted by Gasteiger charge is 2.61. The van der Waals surface area contributed by atoms with E-state index in [9.17, 15) is 18.3 Å². The molecule has 4 N–H and O–H groups in total. The van der Waals surface area contributed by atoms with Gasteiger partial charge in [-0.25, -0.2) is 13.1 Å². The SMILES string of the molecule is CCc1ccc(S(=O)(=O)NC2CC23CC(C)(C)Nc2ccc(C(=O)Nc4cccc(CO)c4)cc23)cc1. The number of rotatable bonds is 7. The summed E-state index contributed by atoms with van der Waals surface area (Å²) in [5.74, 6) is -0.258. The Morgan fingerprint density at radius 3 is 2.51 bits per heavy atom. The maximum Gasteiger partial charge on any atom is 0.255 e. The molecule has 8 heteroatoms. The molecule has 1 amide bonds. The van der Waals surface area contributed by atoms with Crippen molar-refractivity contribution in [2.45, 2.75) is 68.5 Å². The third-order valence-electron chi connectivity index (χ3n) is 7.43. The molecule has 194 valence electrons. The molecule has 2 unspecified atom stereocenters. The molecule has 1 heterocycles. The fourth-order valence-electron chi connectivity index (χ4n) is 5.56. The van der Waals surface area contributed by atoms with E-state index in [1.54, 1.807) is 42.5 Å². The third-order valence-corrected chi connectivity index (χ3v) is 8.92. The number of anilines is 2. The summed E-state index contributed by atoms with van der Waals surface area (Å²) in [4.78, 5) is 13.4. The fraction of sp³-hybridized carbons (Fsp3) is 0.345. The number of carbonyl (C=O) groups is 1. The molecule has 2 atom stereocenters. The van der Waals surface area contributed by atoms with Crippen LogP contribution in [0.2, 0.25) is 0 Å². The van der Waals surface area contributed by atoms with Crippen molar-refractivity contribution in [2.75, 3.05) is 10.6 Å². The van der Waals surface area contributed by atoms with Crippen LogP contribution in [0.5, 0.6) is 0 Å². The van der Waals surface area contributed by atoms with E-state index in [0.29, 0.717) is 23.2 Å². The van der Waals surface area contributed by atoms with E-state index in [-0.39, 0.29) is 29.0 Å². The van der Waals surface area contributed by atoms with Crippen LogP contribution in [0.15, 0.2) is 71.6 Å². The summed E-state index contributed by atoms with van der Waals surface area (Å²) < 4.78 is 29.4. The average molecular weight is 520 g/mol. The van der Waals surface area contributed by atoms with Crippen molar-refractivity contribution < 1.29 is 18.3 Å². The van der Waals surface area contributed by atoms with Gasteiger partial charge in [-0.1, -0.05) is 31.2 Å². The summed E-state index contributed by atoms with van der Waals surface area (Å²) >= 11 is 0. The van der Waals surface area contributed by atoms with Crippen LogP contribution >= 0.6 is 0 Å². The molecule has 1 spiro atoms. The van der Waals surface area contributed by atoms with Gasteiger partial charge in [-0.15, -0.1) is 0 Å². The highest BCUT2D eigenvalue weighted by molar-refractivity contribution is 7.89. The molecule has 1 fully saturated rings. The number of aliphatic hydroxyl groups is 1. The van der Waals surface area contributed by atoms with Crippen molar-refractivity contribution in [2.24, 2.45) is 0 Å². The van der Waals surface area contributed by atoms with Crippen molar-refractivity contribution in [3.05, 3.63) is 89.0 Å². The normalized spacial score (nSPS) is 21.7. The van der Waals surface area contributed by atoms with Gasteiger partial charge in [0.15, 0.2) is 0 Å². The number of hydrogen-bond donors (Lipinski definition) is 4. The Hall–Kier alpha value is -3.20. The largest absolute Gasteiger partial charge is 0.392 e. The lowest BCUT2D eigenvalue weighted by Crippen LogP contribution is -2.44. The van der Waals surface area contributed by atoms with Crippen LogP contribution in [0.1, 0.15) is 60.7 Å². The zero-order chi connectivity index (χ0) is 26.4. The van der Waals surface area contributed by atoms with Gasteiger partial charge in [-0.05, 0) is 92.3 Å². The van der Waals surface area contributed by atoms with Crippen molar-refractivity contribution in [1.29, 1.82) is 0 Å². The molecule has 1 aliphatic carbocycles. The van der Waals surface area contributed by atoms with Crippen LogP contribution in [0.4, 0.5) is 11.4 Å². The maximum absolute atomic E-state index is 13.2. The molecule has 0 saturated heterocycles. The number of benzene rings is 3. The summed E-state index contributed by atoms with van der Waals surface area (Å²) in [6.07, 6.45) is 2.25. The van der Waals surface area contributed by atoms with E-state index >= 15 is 0 Å². The molecule has 1 saturated carbocycles. The van der Waals surface area contributed by atoms with Gasteiger partial charge in [0.2, 0.25) is 10.0 Å². The zero-order valence-corrected chi connectivity index (χ0v) is 22.2. The first-order valence-corrected chi connectivity index (χ1v) is 14.1. The monoisotopic (exact) mass is 519 g/mol. The van der Waals surface area contributed by atoms with E-state index in [1.165, 1.54) is 0 Å². The number of aryl methyl sites for hydroxylation is 1. The van der Waals surface area contributed by atoms with Crippen molar-refractivity contribution >= 4 is 27.3 Å². The summed E-state index contributed by atoms with van der Waals surface area (Å²) in [5, 5.41) is 15.8. The van der Waals surface area contributed by atoms with Gasteiger partial charge in [-0.3, -0.25) is 4.79 Å². The molecule has 5 rings (SSSR count). The Balaban J connectivity index is 1.42. The number of amides is 1. The summed E-state index contributed by atoms with van der Waals surface area (Å²) in [6.45, 7) is 6.15. The van der Waals surface area contributed by atoms with E-state index in [2.05, 4.69) is 29.2 Å². The van der Waals surface area contributed by atoms with Gasteiger partial charge in [0.1, 0.15) is 0 Å². The predicted molar refractivity (Wildman–Crippen MR) is 145 cm³/mol. The molecule has 3 aromatic carbocycles. The molecule has 37 heavy (non-hydrogen) atoms. The fourth-order valence-corrected chi connectivity index (χ4v) is 6.88. The lowest BCUT2D eigenvalue weighted by molar-refractivity contribution is 0.102. The van der Waals surface area contributed by atoms with Crippen molar-refractivity contribution in [3.63, 3.8) is 0 Å². The predicted octanol–water partition coefficient (Wildman–Crippen LogP) is 4.58. The molecule has 0 aromatic heterocycles. The van der Waals surface area contributed by atoms with E-state index in [0.717, 1.165) is 29.7 Å². The Labute approximate surface area is 218 Å². The molecule has 7 nitrogen and oxygen atoms in total. The maximum atomic E-state index is 13.2. The molecular formula is C29H33N3O4S. The molecule has 2 aliphatic rings. The lowest BCUT2D eigenvalue weighted by Gasteiger charge is -2.40. The second-order valence-electron chi connectivity index (χ2n) is 10.8.